The molecule has 1 amide bonds. The molecule has 0 aromatic carbocycles. The molecule has 1 heterocycles. The van der Waals surface area contributed by atoms with Crippen LogP contribution in [-0.4, -0.2) is 70.3 Å². The molecule has 23 heavy (non-hydrogen) atoms. The summed E-state index contributed by atoms with van der Waals surface area (Å²) in [5, 5.41) is 18.5. The smallest absolute Gasteiger partial charge is 0.248 e. The van der Waals surface area contributed by atoms with Crippen LogP contribution in [0.25, 0.3) is 0 Å². The predicted molar refractivity (Wildman–Crippen MR) is 89.0 cm³/mol. The third-order valence-corrected chi connectivity index (χ3v) is 6.27. The monoisotopic (exact) mass is 324 g/mol. The maximum atomic E-state index is 12.3. The van der Waals surface area contributed by atoms with E-state index in [0.717, 1.165) is 51.6 Å². The summed E-state index contributed by atoms with van der Waals surface area (Å²) >= 11 is 0. The molecule has 0 aromatic rings. The normalized spacial score (nSPS) is 30.9. The molecule has 132 valence electrons. The van der Waals surface area contributed by atoms with Gasteiger partial charge in [0.15, 0.2) is 0 Å². The van der Waals surface area contributed by atoms with Crippen molar-refractivity contribution in [3.05, 3.63) is 0 Å². The van der Waals surface area contributed by atoms with Gasteiger partial charge >= 0.3 is 0 Å². The average molecular weight is 324 g/mol. The van der Waals surface area contributed by atoms with Crippen molar-refractivity contribution in [2.24, 2.45) is 5.92 Å². The molecule has 3 fully saturated rings. The lowest BCUT2D eigenvalue weighted by atomic mass is 9.79. The first kappa shape index (κ1) is 17.2. The second kappa shape index (κ2) is 7.95. The Morgan fingerprint density at radius 3 is 2.13 bits per heavy atom. The van der Waals surface area contributed by atoms with Gasteiger partial charge in [-0.05, 0) is 44.4 Å². The number of aliphatic hydroxyl groups is 2. The van der Waals surface area contributed by atoms with E-state index in [2.05, 4.69) is 4.90 Å². The summed E-state index contributed by atoms with van der Waals surface area (Å²) in [5.74, 6) is 0.437. The Balaban J connectivity index is 1.54. The number of piperidine rings is 1. The number of amides is 1. The van der Waals surface area contributed by atoms with Crippen molar-refractivity contribution in [3.63, 3.8) is 0 Å². The van der Waals surface area contributed by atoms with Gasteiger partial charge in [0.1, 0.15) is 6.61 Å². The Morgan fingerprint density at radius 1 is 0.957 bits per heavy atom. The summed E-state index contributed by atoms with van der Waals surface area (Å²) in [6.07, 6.45) is 10.2. The van der Waals surface area contributed by atoms with Crippen LogP contribution in [0.1, 0.15) is 57.8 Å². The molecule has 1 aliphatic heterocycles. The maximum Gasteiger partial charge on any atom is 0.248 e. The van der Waals surface area contributed by atoms with Crippen molar-refractivity contribution < 1.29 is 15.0 Å². The Kier molecular flexibility index (Phi) is 5.94. The first-order valence-corrected chi connectivity index (χ1v) is 9.50. The lowest BCUT2D eigenvalue weighted by molar-refractivity contribution is -0.141. The number of hydrogen-bond donors (Lipinski definition) is 2. The maximum absolute atomic E-state index is 12.3. The molecule has 3 aliphatic rings. The molecule has 2 saturated carbocycles. The third-order valence-electron chi connectivity index (χ3n) is 6.27. The van der Waals surface area contributed by atoms with Crippen LogP contribution in [0, 0.1) is 5.92 Å². The summed E-state index contributed by atoms with van der Waals surface area (Å²) in [6.45, 7) is 2.08. The lowest BCUT2D eigenvalue weighted by Crippen LogP contribution is -2.56. The van der Waals surface area contributed by atoms with Gasteiger partial charge in [0.2, 0.25) is 5.91 Å². The van der Waals surface area contributed by atoms with Crippen LogP contribution < -0.4 is 0 Å². The van der Waals surface area contributed by atoms with E-state index < -0.39 is 0 Å². The van der Waals surface area contributed by atoms with E-state index in [-0.39, 0.29) is 12.5 Å². The number of rotatable bonds is 5. The van der Waals surface area contributed by atoms with Crippen molar-refractivity contribution in [1.82, 2.24) is 9.80 Å². The Bertz CT molecular complexity index is 384. The molecule has 2 aliphatic carbocycles. The SMILES string of the molecule is O=C(CO)N(C1CCCCC1)C1CCN(C2CC(CO)C2)CC1. The number of carbonyl (C=O) groups excluding carboxylic acids is 1. The van der Waals surface area contributed by atoms with Gasteiger partial charge in [-0.2, -0.15) is 0 Å². The Labute approximate surface area is 139 Å². The van der Waals surface area contributed by atoms with Gasteiger partial charge in [-0.1, -0.05) is 19.3 Å². The van der Waals surface area contributed by atoms with Crippen LogP contribution in [0.3, 0.4) is 0 Å². The zero-order valence-corrected chi connectivity index (χ0v) is 14.2. The van der Waals surface area contributed by atoms with Gasteiger partial charge in [-0.15, -0.1) is 0 Å². The molecule has 5 heteroatoms. The van der Waals surface area contributed by atoms with E-state index in [4.69, 9.17) is 5.11 Å². The second-order valence-electron chi connectivity index (χ2n) is 7.69. The molecule has 5 nitrogen and oxygen atoms in total. The molecule has 2 N–H and O–H groups in total. The van der Waals surface area contributed by atoms with Crippen molar-refractivity contribution in [3.8, 4) is 0 Å². The van der Waals surface area contributed by atoms with Gasteiger partial charge in [-0.3, -0.25) is 4.79 Å². The molecule has 0 bridgehead atoms. The minimum Gasteiger partial charge on any atom is -0.396 e. The zero-order chi connectivity index (χ0) is 16.2. The minimum atomic E-state index is -0.350. The van der Waals surface area contributed by atoms with E-state index in [1.165, 1.54) is 19.3 Å². The first-order valence-electron chi connectivity index (χ1n) is 9.50. The van der Waals surface area contributed by atoms with Crippen LogP contribution >= 0.6 is 0 Å². The van der Waals surface area contributed by atoms with Crippen molar-refractivity contribution in [2.45, 2.75) is 75.9 Å². The van der Waals surface area contributed by atoms with E-state index >= 15 is 0 Å². The van der Waals surface area contributed by atoms with Crippen LogP contribution in [0.5, 0.6) is 0 Å². The Hall–Kier alpha value is -0.650. The molecular weight excluding hydrogens is 292 g/mol. The highest BCUT2D eigenvalue weighted by Gasteiger charge is 2.38. The fourth-order valence-electron chi connectivity index (χ4n) is 4.82. The molecule has 0 spiro atoms. The van der Waals surface area contributed by atoms with Gasteiger partial charge in [0.05, 0.1) is 0 Å². The van der Waals surface area contributed by atoms with Crippen LogP contribution in [0.15, 0.2) is 0 Å². The fourth-order valence-corrected chi connectivity index (χ4v) is 4.82. The van der Waals surface area contributed by atoms with Crippen LogP contribution in [-0.2, 0) is 4.79 Å². The number of hydrogen-bond acceptors (Lipinski definition) is 4. The van der Waals surface area contributed by atoms with Crippen LogP contribution in [0.4, 0.5) is 0 Å². The summed E-state index contributed by atoms with van der Waals surface area (Å²) in [6, 6.07) is 1.30. The standard InChI is InChI=1S/C18H32N2O3/c21-12-14-10-17(11-14)19-8-6-16(7-9-19)20(18(23)13-22)15-4-2-1-3-5-15/h14-17,21-22H,1-13H2. The van der Waals surface area contributed by atoms with Gasteiger partial charge in [0, 0.05) is 37.8 Å². The zero-order valence-electron chi connectivity index (χ0n) is 14.2. The molecule has 0 atom stereocenters. The molecule has 1 saturated heterocycles. The summed E-state index contributed by atoms with van der Waals surface area (Å²) in [5.41, 5.74) is 0. The summed E-state index contributed by atoms with van der Waals surface area (Å²) < 4.78 is 0. The van der Waals surface area contributed by atoms with Crippen molar-refractivity contribution in [1.29, 1.82) is 0 Å². The lowest BCUT2D eigenvalue weighted by Gasteiger charge is -2.48. The number of likely N-dealkylation sites (tertiary alicyclic amines) is 1. The fraction of sp³-hybridized carbons (Fsp3) is 0.944. The van der Waals surface area contributed by atoms with E-state index in [1.807, 2.05) is 4.90 Å². The molecule has 0 unspecified atom stereocenters. The molecular formula is C18H32N2O3. The van der Waals surface area contributed by atoms with Gasteiger partial charge in [0.25, 0.3) is 0 Å². The predicted octanol–water partition coefficient (Wildman–Crippen LogP) is 1.38. The highest BCUT2D eigenvalue weighted by molar-refractivity contribution is 5.78. The second-order valence-corrected chi connectivity index (χ2v) is 7.69. The molecule has 3 rings (SSSR count). The minimum absolute atomic E-state index is 0.0701. The summed E-state index contributed by atoms with van der Waals surface area (Å²) in [7, 11) is 0. The van der Waals surface area contributed by atoms with Crippen molar-refractivity contribution in [2.75, 3.05) is 26.3 Å². The van der Waals surface area contributed by atoms with E-state index in [1.54, 1.807) is 0 Å². The largest absolute Gasteiger partial charge is 0.396 e. The number of carbonyl (C=O) groups is 1. The van der Waals surface area contributed by atoms with Gasteiger partial charge in [-0.25, -0.2) is 0 Å². The molecule has 0 aromatic heterocycles. The topological polar surface area (TPSA) is 64.0 Å². The highest BCUT2D eigenvalue weighted by Crippen LogP contribution is 2.34. The quantitative estimate of drug-likeness (QED) is 0.802. The molecule has 0 radical (unpaired) electrons. The van der Waals surface area contributed by atoms with E-state index in [9.17, 15) is 9.90 Å². The number of nitrogens with zero attached hydrogens (tertiary/aromatic N) is 2. The van der Waals surface area contributed by atoms with Gasteiger partial charge < -0.3 is 20.0 Å². The Morgan fingerprint density at radius 2 is 1.57 bits per heavy atom. The van der Waals surface area contributed by atoms with E-state index in [0.29, 0.717) is 30.7 Å². The van der Waals surface area contributed by atoms with Crippen molar-refractivity contribution >= 4 is 5.91 Å². The highest BCUT2D eigenvalue weighted by atomic mass is 16.3. The summed E-state index contributed by atoms with van der Waals surface area (Å²) in [4.78, 5) is 16.9. The third kappa shape index (κ3) is 3.89. The first-order chi connectivity index (χ1) is 11.2. The number of aliphatic hydroxyl groups excluding tert-OH is 2. The average Bonchev–Trinajstić information content (AvgIpc) is 2.56. The van der Waals surface area contributed by atoms with Crippen LogP contribution in [0.2, 0.25) is 0 Å².